The number of aliphatic hydroxyl groups is 1. The lowest BCUT2D eigenvalue weighted by Crippen LogP contribution is -2.41. The highest BCUT2D eigenvalue weighted by Crippen LogP contribution is 2.29. The van der Waals surface area contributed by atoms with Gasteiger partial charge in [0, 0.05) is 0 Å². The van der Waals surface area contributed by atoms with Crippen LogP contribution in [0.25, 0.3) is 0 Å². The Labute approximate surface area is 114 Å². The molecule has 0 unspecified atom stereocenters. The minimum absolute atomic E-state index is 0.00926. The fourth-order valence-electron chi connectivity index (χ4n) is 1.74. The number of nitrogens with one attached hydrogen (secondary N) is 1. The van der Waals surface area contributed by atoms with Crippen molar-refractivity contribution in [1.29, 1.82) is 0 Å². The second-order valence-corrected chi connectivity index (χ2v) is 4.88. The van der Waals surface area contributed by atoms with E-state index in [1.54, 1.807) is 0 Å². The molecule has 0 saturated heterocycles. The number of nitrogens with zero attached hydrogens (tertiary/aromatic N) is 2. The first kappa shape index (κ1) is 15.5. The summed E-state index contributed by atoms with van der Waals surface area (Å²) < 4.78 is 5.52. The van der Waals surface area contributed by atoms with Crippen LogP contribution in [0.5, 0.6) is 5.88 Å². The Kier molecular flexibility index (Phi) is 5.35. The minimum Gasteiger partial charge on any atom is -0.473 e. The van der Waals surface area contributed by atoms with Crippen molar-refractivity contribution in [3.63, 3.8) is 0 Å². The van der Waals surface area contributed by atoms with E-state index in [1.165, 1.54) is 6.33 Å². The molecule has 0 aromatic carbocycles. The normalized spacial score (nSPS) is 11.7. The molecular weight excluding hydrogens is 244 g/mol. The number of nitrogen functional groups attached to an aromatic ring is 1. The summed E-state index contributed by atoms with van der Waals surface area (Å²) in [5.74, 6) is 0.870. The fourth-order valence-corrected chi connectivity index (χ4v) is 1.74. The molecule has 0 bridgehead atoms. The van der Waals surface area contributed by atoms with Crippen LogP contribution >= 0.6 is 0 Å². The molecule has 0 amide bonds. The molecule has 0 aliphatic rings. The van der Waals surface area contributed by atoms with Crippen LogP contribution in [0.3, 0.4) is 0 Å². The lowest BCUT2D eigenvalue weighted by atomic mass is 9.94. The number of rotatable bonds is 7. The Morgan fingerprint density at radius 1 is 1.37 bits per heavy atom. The first-order chi connectivity index (χ1) is 8.98. The molecule has 1 heterocycles. The van der Waals surface area contributed by atoms with Crippen LogP contribution in [0.4, 0.5) is 11.5 Å². The average molecular weight is 268 g/mol. The highest BCUT2D eigenvalue weighted by atomic mass is 16.5. The van der Waals surface area contributed by atoms with Crippen molar-refractivity contribution >= 4 is 11.5 Å². The molecule has 0 saturated carbocycles. The van der Waals surface area contributed by atoms with Gasteiger partial charge >= 0.3 is 0 Å². The maximum atomic E-state index is 9.57. The summed E-state index contributed by atoms with van der Waals surface area (Å²) in [5, 5.41) is 12.8. The van der Waals surface area contributed by atoms with Crippen molar-refractivity contribution in [3.05, 3.63) is 6.33 Å². The SMILES string of the molecule is CCC(CC)(CO)Nc1ncnc(OC(C)C)c1N. The quantitative estimate of drug-likeness (QED) is 0.698. The maximum absolute atomic E-state index is 9.57. The van der Waals surface area contributed by atoms with Gasteiger partial charge in [0.05, 0.1) is 18.2 Å². The van der Waals surface area contributed by atoms with Gasteiger partial charge in [-0.05, 0) is 26.7 Å². The van der Waals surface area contributed by atoms with Crippen LogP contribution in [-0.4, -0.2) is 33.3 Å². The summed E-state index contributed by atoms with van der Waals surface area (Å²) in [4.78, 5) is 8.16. The second-order valence-electron chi connectivity index (χ2n) is 4.88. The molecule has 0 aliphatic heterocycles. The van der Waals surface area contributed by atoms with E-state index in [9.17, 15) is 5.11 Å². The lowest BCUT2D eigenvalue weighted by molar-refractivity contribution is 0.202. The van der Waals surface area contributed by atoms with E-state index in [4.69, 9.17) is 10.5 Å². The number of anilines is 2. The smallest absolute Gasteiger partial charge is 0.242 e. The average Bonchev–Trinajstić information content (AvgIpc) is 2.40. The van der Waals surface area contributed by atoms with Crippen molar-refractivity contribution < 1.29 is 9.84 Å². The molecule has 6 heteroatoms. The largest absolute Gasteiger partial charge is 0.473 e. The summed E-state index contributed by atoms with van der Waals surface area (Å²) in [6.07, 6.45) is 2.93. The molecule has 1 aromatic rings. The predicted molar refractivity (Wildman–Crippen MR) is 76.2 cm³/mol. The maximum Gasteiger partial charge on any atom is 0.242 e. The molecule has 0 fully saturated rings. The standard InChI is InChI=1S/C13H24N4O2/c1-5-13(6-2,7-18)17-11-10(14)12(16-8-15-11)19-9(3)4/h8-9,18H,5-7,14H2,1-4H3,(H,15,16,17). The van der Waals surface area contributed by atoms with Gasteiger partial charge in [0.25, 0.3) is 0 Å². The fraction of sp³-hybridized carbons (Fsp3) is 0.692. The van der Waals surface area contributed by atoms with Crippen molar-refractivity contribution in [2.45, 2.75) is 52.2 Å². The van der Waals surface area contributed by atoms with Gasteiger partial charge in [0.1, 0.15) is 12.0 Å². The summed E-state index contributed by atoms with van der Waals surface area (Å²) in [7, 11) is 0. The number of aliphatic hydroxyl groups excluding tert-OH is 1. The van der Waals surface area contributed by atoms with Crippen LogP contribution in [0.2, 0.25) is 0 Å². The summed E-state index contributed by atoms with van der Waals surface area (Å²) in [6, 6.07) is 0. The number of aromatic nitrogens is 2. The molecule has 0 radical (unpaired) electrons. The predicted octanol–water partition coefficient (Wildman–Crippen LogP) is 1.81. The number of hydrogen-bond acceptors (Lipinski definition) is 6. The van der Waals surface area contributed by atoms with Gasteiger partial charge in [-0.1, -0.05) is 13.8 Å². The van der Waals surface area contributed by atoms with E-state index in [-0.39, 0.29) is 12.7 Å². The number of ether oxygens (including phenoxy) is 1. The molecule has 0 aliphatic carbocycles. The Morgan fingerprint density at radius 3 is 2.47 bits per heavy atom. The number of hydrogen-bond donors (Lipinski definition) is 3. The second kappa shape index (κ2) is 6.56. The van der Waals surface area contributed by atoms with E-state index in [2.05, 4.69) is 15.3 Å². The Balaban J connectivity index is 3.01. The van der Waals surface area contributed by atoms with Crippen molar-refractivity contribution in [3.8, 4) is 5.88 Å². The van der Waals surface area contributed by atoms with Crippen LogP contribution in [0.1, 0.15) is 40.5 Å². The van der Waals surface area contributed by atoms with Crippen LogP contribution in [0, 0.1) is 0 Å². The van der Waals surface area contributed by atoms with E-state index < -0.39 is 5.54 Å². The van der Waals surface area contributed by atoms with Gasteiger partial charge in [0.15, 0.2) is 5.82 Å². The van der Waals surface area contributed by atoms with Gasteiger partial charge < -0.3 is 20.9 Å². The third-order valence-corrected chi connectivity index (χ3v) is 3.23. The zero-order valence-electron chi connectivity index (χ0n) is 12.1. The Bertz CT molecular complexity index is 397. The Morgan fingerprint density at radius 2 is 2.00 bits per heavy atom. The number of nitrogens with two attached hydrogens (primary N) is 1. The first-order valence-corrected chi connectivity index (χ1v) is 6.64. The topological polar surface area (TPSA) is 93.3 Å². The highest BCUT2D eigenvalue weighted by molar-refractivity contribution is 5.67. The molecule has 6 nitrogen and oxygen atoms in total. The zero-order valence-corrected chi connectivity index (χ0v) is 12.1. The molecule has 19 heavy (non-hydrogen) atoms. The molecule has 4 N–H and O–H groups in total. The molecule has 1 rings (SSSR count). The van der Waals surface area contributed by atoms with Crippen molar-refractivity contribution in [1.82, 2.24) is 9.97 Å². The van der Waals surface area contributed by atoms with Gasteiger partial charge in [-0.2, -0.15) is 4.98 Å². The van der Waals surface area contributed by atoms with Gasteiger partial charge in [0.2, 0.25) is 5.88 Å². The van der Waals surface area contributed by atoms with Crippen LogP contribution in [-0.2, 0) is 0 Å². The molecule has 108 valence electrons. The van der Waals surface area contributed by atoms with Gasteiger partial charge in [-0.3, -0.25) is 0 Å². The molecule has 0 atom stereocenters. The van der Waals surface area contributed by atoms with Crippen molar-refractivity contribution in [2.75, 3.05) is 17.7 Å². The molecule has 1 aromatic heterocycles. The first-order valence-electron chi connectivity index (χ1n) is 6.64. The van der Waals surface area contributed by atoms with Gasteiger partial charge in [-0.15, -0.1) is 0 Å². The monoisotopic (exact) mass is 268 g/mol. The summed E-state index contributed by atoms with van der Waals surface area (Å²) >= 11 is 0. The Hall–Kier alpha value is -1.56. The third-order valence-electron chi connectivity index (χ3n) is 3.23. The minimum atomic E-state index is -0.419. The summed E-state index contributed by atoms with van der Waals surface area (Å²) in [6.45, 7) is 7.85. The van der Waals surface area contributed by atoms with E-state index >= 15 is 0 Å². The third kappa shape index (κ3) is 3.70. The van der Waals surface area contributed by atoms with E-state index in [1.807, 2.05) is 27.7 Å². The van der Waals surface area contributed by atoms with E-state index in [0.29, 0.717) is 17.4 Å². The van der Waals surface area contributed by atoms with Crippen molar-refractivity contribution in [2.24, 2.45) is 0 Å². The lowest BCUT2D eigenvalue weighted by Gasteiger charge is -2.31. The zero-order chi connectivity index (χ0) is 14.5. The van der Waals surface area contributed by atoms with Crippen LogP contribution < -0.4 is 15.8 Å². The van der Waals surface area contributed by atoms with Crippen LogP contribution in [0.15, 0.2) is 6.33 Å². The molecule has 0 spiro atoms. The van der Waals surface area contributed by atoms with E-state index in [0.717, 1.165) is 12.8 Å². The summed E-state index contributed by atoms with van der Waals surface area (Å²) in [5.41, 5.74) is 5.96. The highest BCUT2D eigenvalue weighted by Gasteiger charge is 2.27. The molecular formula is C13H24N4O2. The van der Waals surface area contributed by atoms with Gasteiger partial charge in [-0.25, -0.2) is 4.98 Å².